The van der Waals surface area contributed by atoms with E-state index in [2.05, 4.69) is 20.3 Å². The predicted molar refractivity (Wildman–Crippen MR) is 107 cm³/mol. The molecule has 0 saturated heterocycles. The molecule has 0 spiro atoms. The van der Waals surface area contributed by atoms with Crippen LogP contribution >= 0.6 is 11.8 Å². The Bertz CT molecular complexity index is 1110. The number of hydrogen-bond acceptors (Lipinski definition) is 9. The summed E-state index contributed by atoms with van der Waals surface area (Å²) in [5.41, 5.74) is 2.82. The summed E-state index contributed by atoms with van der Waals surface area (Å²) in [5, 5.41) is 12.6. The Morgan fingerprint density at radius 3 is 2.45 bits per heavy atom. The third-order valence-corrected chi connectivity index (χ3v) is 4.94. The lowest BCUT2D eigenvalue weighted by atomic mass is 10.1. The van der Waals surface area contributed by atoms with Gasteiger partial charge in [-0.3, -0.25) is 0 Å². The topological polar surface area (TPSA) is 96.3 Å². The van der Waals surface area contributed by atoms with Gasteiger partial charge in [0, 0.05) is 11.1 Å². The van der Waals surface area contributed by atoms with E-state index in [1.54, 1.807) is 26.4 Å². The van der Waals surface area contributed by atoms with Crippen LogP contribution in [0.15, 0.2) is 56.6 Å². The van der Waals surface area contributed by atoms with E-state index in [0.29, 0.717) is 40.1 Å². The van der Waals surface area contributed by atoms with Crippen LogP contribution in [-0.2, 0) is 5.75 Å². The molecule has 0 aliphatic heterocycles. The Morgan fingerprint density at radius 1 is 0.931 bits per heavy atom. The number of aryl methyl sites for hydroxylation is 1. The zero-order chi connectivity index (χ0) is 20.2. The van der Waals surface area contributed by atoms with Gasteiger partial charge in [-0.25, -0.2) is 0 Å². The van der Waals surface area contributed by atoms with Gasteiger partial charge in [0.15, 0.2) is 11.5 Å². The first kappa shape index (κ1) is 19.0. The van der Waals surface area contributed by atoms with E-state index in [1.807, 2.05) is 37.3 Å². The highest BCUT2D eigenvalue weighted by atomic mass is 32.2. The van der Waals surface area contributed by atoms with Gasteiger partial charge in [-0.2, -0.15) is 4.98 Å². The first-order valence-electron chi connectivity index (χ1n) is 8.74. The first-order chi connectivity index (χ1) is 14.2. The SMILES string of the molecule is COc1ccc(-c2nnc(SCc3nc(-c4ccc(C)cc4)no3)o2)cc1OC. The number of benzene rings is 2. The average Bonchev–Trinajstić information content (AvgIpc) is 3.42. The number of hydrogen-bond donors (Lipinski definition) is 0. The molecule has 2 aromatic carbocycles. The standard InChI is InChI=1S/C20H18N4O4S/c1-12-4-6-13(7-5-12)18-21-17(28-24-18)11-29-20-23-22-19(27-20)14-8-9-15(25-2)16(10-14)26-3/h4-10H,11H2,1-3H3. The fourth-order valence-corrected chi connectivity index (χ4v) is 3.21. The quantitative estimate of drug-likeness (QED) is 0.411. The maximum atomic E-state index is 5.72. The molecular weight excluding hydrogens is 392 g/mol. The third kappa shape index (κ3) is 4.24. The molecule has 0 aliphatic rings. The predicted octanol–water partition coefficient (Wildman–Crippen LogP) is 4.40. The molecule has 0 unspecified atom stereocenters. The van der Waals surface area contributed by atoms with Crippen molar-refractivity contribution in [2.45, 2.75) is 17.9 Å². The van der Waals surface area contributed by atoms with Crippen molar-refractivity contribution in [1.82, 2.24) is 20.3 Å². The average molecular weight is 410 g/mol. The molecule has 4 rings (SSSR count). The highest BCUT2D eigenvalue weighted by Gasteiger charge is 2.14. The molecule has 8 nitrogen and oxygen atoms in total. The molecule has 2 aromatic heterocycles. The highest BCUT2D eigenvalue weighted by Crippen LogP contribution is 2.33. The summed E-state index contributed by atoms with van der Waals surface area (Å²) in [6.45, 7) is 2.03. The fraction of sp³-hybridized carbons (Fsp3) is 0.200. The lowest BCUT2D eigenvalue weighted by Crippen LogP contribution is -1.90. The molecule has 0 radical (unpaired) electrons. The first-order valence-corrected chi connectivity index (χ1v) is 9.73. The Kier molecular flexibility index (Phi) is 5.48. The van der Waals surface area contributed by atoms with Gasteiger partial charge in [0.2, 0.25) is 17.6 Å². The minimum atomic E-state index is 0.388. The second-order valence-electron chi connectivity index (χ2n) is 6.11. The van der Waals surface area contributed by atoms with Gasteiger partial charge in [0.05, 0.1) is 20.0 Å². The lowest BCUT2D eigenvalue weighted by molar-refractivity contribution is 0.355. The van der Waals surface area contributed by atoms with Crippen LogP contribution in [0, 0.1) is 6.92 Å². The van der Waals surface area contributed by atoms with E-state index in [1.165, 1.54) is 17.3 Å². The molecule has 0 N–H and O–H groups in total. The zero-order valence-electron chi connectivity index (χ0n) is 16.1. The van der Waals surface area contributed by atoms with Crippen molar-refractivity contribution in [2.75, 3.05) is 14.2 Å². The molecule has 2 heterocycles. The van der Waals surface area contributed by atoms with Crippen LogP contribution in [0.3, 0.4) is 0 Å². The van der Waals surface area contributed by atoms with Crippen LogP contribution < -0.4 is 9.47 Å². The van der Waals surface area contributed by atoms with Gasteiger partial charge < -0.3 is 18.4 Å². The Morgan fingerprint density at radius 2 is 1.69 bits per heavy atom. The second kappa shape index (κ2) is 8.36. The van der Waals surface area contributed by atoms with Crippen LogP contribution in [0.25, 0.3) is 22.8 Å². The lowest BCUT2D eigenvalue weighted by Gasteiger charge is -2.07. The smallest absolute Gasteiger partial charge is 0.277 e. The van der Waals surface area contributed by atoms with Crippen LogP contribution in [0.1, 0.15) is 11.5 Å². The van der Waals surface area contributed by atoms with Crippen molar-refractivity contribution in [2.24, 2.45) is 0 Å². The minimum Gasteiger partial charge on any atom is -0.493 e. The molecule has 0 saturated carbocycles. The van der Waals surface area contributed by atoms with E-state index >= 15 is 0 Å². The summed E-state index contributed by atoms with van der Waals surface area (Å²) < 4.78 is 21.6. The zero-order valence-corrected chi connectivity index (χ0v) is 16.9. The molecule has 0 atom stereocenters. The van der Waals surface area contributed by atoms with Gasteiger partial charge >= 0.3 is 0 Å². The van der Waals surface area contributed by atoms with Crippen molar-refractivity contribution in [3.8, 4) is 34.3 Å². The maximum absolute atomic E-state index is 5.72. The number of nitrogens with zero attached hydrogens (tertiary/aromatic N) is 4. The molecule has 0 amide bonds. The summed E-state index contributed by atoms with van der Waals surface area (Å²) in [5.74, 6) is 3.07. The molecule has 29 heavy (non-hydrogen) atoms. The van der Waals surface area contributed by atoms with Gasteiger partial charge in [0.25, 0.3) is 5.22 Å². The number of methoxy groups -OCH3 is 2. The Labute approximate surface area is 171 Å². The van der Waals surface area contributed by atoms with Gasteiger partial charge in [-0.05, 0) is 25.1 Å². The van der Waals surface area contributed by atoms with Crippen molar-refractivity contribution in [3.05, 3.63) is 53.9 Å². The Balaban J connectivity index is 1.43. The van der Waals surface area contributed by atoms with Gasteiger partial charge in [0.1, 0.15) is 0 Å². The van der Waals surface area contributed by atoms with Crippen molar-refractivity contribution in [1.29, 1.82) is 0 Å². The summed E-state index contributed by atoms with van der Waals surface area (Å²) >= 11 is 1.33. The summed E-state index contributed by atoms with van der Waals surface area (Å²) in [6, 6.07) is 13.3. The van der Waals surface area contributed by atoms with Crippen LogP contribution in [0.5, 0.6) is 11.5 Å². The molecule has 0 fully saturated rings. The number of ether oxygens (including phenoxy) is 2. The van der Waals surface area contributed by atoms with Crippen molar-refractivity contribution < 1.29 is 18.4 Å². The van der Waals surface area contributed by atoms with E-state index in [4.69, 9.17) is 18.4 Å². The van der Waals surface area contributed by atoms with E-state index in [9.17, 15) is 0 Å². The minimum absolute atomic E-state index is 0.388. The van der Waals surface area contributed by atoms with Crippen LogP contribution in [0.4, 0.5) is 0 Å². The fourth-order valence-electron chi connectivity index (χ4n) is 2.61. The third-order valence-electron chi connectivity index (χ3n) is 4.13. The molecule has 148 valence electrons. The van der Waals surface area contributed by atoms with Crippen molar-refractivity contribution >= 4 is 11.8 Å². The molecular formula is C20H18N4O4S. The highest BCUT2D eigenvalue weighted by molar-refractivity contribution is 7.98. The summed E-state index contributed by atoms with van der Waals surface area (Å²) in [4.78, 5) is 4.41. The van der Waals surface area contributed by atoms with Gasteiger partial charge in [-0.15, -0.1) is 10.2 Å². The van der Waals surface area contributed by atoms with Crippen LogP contribution in [-0.4, -0.2) is 34.6 Å². The molecule has 4 aromatic rings. The molecule has 9 heteroatoms. The normalized spacial score (nSPS) is 10.9. The monoisotopic (exact) mass is 410 g/mol. The number of thioether (sulfide) groups is 1. The van der Waals surface area contributed by atoms with E-state index in [0.717, 1.165) is 11.1 Å². The summed E-state index contributed by atoms with van der Waals surface area (Å²) in [6.07, 6.45) is 0. The number of rotatable bonds is 7. The van der Waals surface area contributed by atoms with E-state index in [-0.39, 0.29) is 0 Å². The molecule has 0 aliphatic carbocycles. The van der Waals surface area contributed by atoms with E-state index < -0.39 is 0 Å². The second-order valence-corrected chi connectivity index (χ2v) is 7.04. The summed E-state index contributed by atoms with van der Waals surface area (Å²) in [7, 11) is 3.16. The van der Waals surface area contributed by atoms with Gasteiger partial charge in [-0.1, -0.05) is 46.7 Å². The van der Waals surface area contributed by atoms with Crippen LogP contribution in [0.2, 0.25) is 0 Å². The number of aromatic nitrogens is 4. The van der Waals surface area contributed by atoms with Crippen molar-refractivity contribution in [3.63, 3.8) is 0 Å². The maximum Gasteiger partial charge on any atom is 0.277 e. The Hall–Kier alpha value is -3.33. The largest absolute Gasteiger partial charge is 0.493 e. The molecule has 0 bridgehead atoms.